The van der Waals surface area contributed by atoms with E-state index < -0.39 is 0 Å². The molecule has 0 N–H and O–H groups in total. The number of anilines is 1. The van der Waals surface area contributed by atoms with Gasteiger partial charge >= 0.3 is 0 Å². The molecule has 1 radical (unpaired) electrons. The Morgan fingerprint density at radius 3 is 2.37 bits per heavy atom. The van der Waals surface area contributed by atoms with Crippen molar-refractivity contribution in [3.63, 3.8) is 0 Å². The molecule has 1 saturated heterocycles. The molecule has 0 atom stereocenters. The zero-order chi connectivity index (χ0) is 13.7. The Bertz CT molecular complexity index is 442. The van der Waals surface area contributed by atoms with Crippen molar-refractivity contribution in [2.45, 2.75) is 12.8 Å². The van der Waals surface area contributed by atoms with E-state index in [4.69, 9.17) is 0 Å². The minimum atomic E-state index is 0.116. The summed E-state index contributed by atoms with van der Waals surface area (Å²) in [5.41, 5.74) is 2.22. The van der Waals surface area contributed by atoms with Gasteiger partial charge in [0.25, 0.3) is 0 Å². The van der Waals surface area contributed by atoms with Crippen molar-refractivity contribution in [2.24, 2.45) is 0 Å². The summed E-state index contributed by atoms with van der Waals surface area (Å²) in [6.45, 7) is 1.70. The lowest BCUT2D eigenvalue weighted by molar-refractivity contribution is -0.126. The highest BCUT2D eigenvalue weighted by molar-refractivity contribution is 5.91. The third kappa shape index (κ3) is 3.85. The van der Waals surface area contributed by atoms with E-state index in [0.717, 1.165) is 37.2 Å². The summed E-state index contributed by atoms with van der Waals surface area (Å²) in [5, 5.41) is 0. The summed E-state index contributed by atoms with van der Waals surface area (Å²) in [5.74, 6) is 0.116. The van der Waals surface area contributed by atoms with Gasteiger partial charge in [0.2, 0.25) is 5.91 Å². The van der Waals surface area contributed by atoms with Crippen LogP contribution >= 0.6 is 0 Å². The first-order valence-corrected chi connectivity index (χ1v) is 6.73. The number of amides is 1. The predicted molar refractivity (Wildman–Crippen MR) is 79.9 cm³/mol. The van der Waals surface area contributed by atoms with Crippen LogP contribution in [0.5, 0.6) is 0 Å². The molecule has 3 heteroatoms. The third-order valence-corrected chi connectivity index (χ3v) is 3.35. The third-order valence-electron chi connectivity index (χ3n) is 3.35. The maximum Gasteiger partial charge on any atom is 0.246 e. The summed E-state index contributed by atoms with van der Waals surface area (Å²) in [6, 6.07) is 8.17. The molecule has 19 heavy (non-hydrogen) atoms. The second-order valence-corrected chi connectivity index (χ2v) is 5.01. The number of nitrogens with zero attached hydrogens (tertiary/aromatic N) is 2. The smallest absolute Gasteiger partial charge is 0.246 e. The molecule has 0 spiro atoms. The average Bonchev–Trinajstić information content (AvgIpc) is 2.46. The molecule has 0 unspecified atom stereocenters. The van der Waals surface area contributed by atoms with Crippen molar-refractivity contribution in [2.75, 3.05) is 32.1 Å². The highest BCUT2D eigenvalue weighted by Gasteiger charge is 2.13. The van der Waals surface area contributed by atoms with Crippen LogP contribution in [-0.2, 0) is 4.79 Å². The van der Waals surface area contributed by atoms with Crippen LogP contribution in [0.1, 0.15) is 18.4 Å². The first kappa shape index (κ1) is 13.7. The molecule has 101 valence electrons. The fourth-order valence-corrected chi connectivity index (χ4v) is 2.13. The quantitative estimate of drug-likeness (QED) is 0.777. The zero-order valence-corrected chi connectivity index (χ0v) is 11.7. The number of likely N-dealkylation sites (tertiary alicyclic amines) is 1. The van der Waals surface area contributed by atoms with E-state index in [0.29, 0.717) is 0 Å². The molecule has 1 aliphatic rings. The molecule has 1 aliphatic heterocycles. The molecule has 2 rings (SSSR count). The van der Waals surface area contributed by atoms with Gasteiger partial charge in [0, 0.05) is 38.9 Å². The van der Waals surface area contributed by atoms with Crippen molar-refractivity contribution >= 4 is 17.7 Å². The minimum absolute atomic E-state index is 0.116. The van der Waals surface area contributed by atoms with Gasteiger partial charge < -0.3 is 9.80 Å². The first-order chi connectivity index (χ1) is 9.16. The van der Waals surface area contributed by atoms with Crippen molar-refractivity contribution in [3.8, 4) is 0 Å². The van der Waals surface area contributed by atoms with Gasteiger partial charge in [-0.2, -0.15) is 0 Å². The number of rotatable bonds is 3. The maximum absolute atomic E-state index is 12.0. The molecule has 0 aromatic heterocycles. The van der Waals surface area contributed by atoms with Crippen LogP contribution in [0.2, 0.25) is 0 Å². The summed E-state index contributed by atoms with van der Waals surface area (Å²) in [4.78, 5) is 15.9. The molecule has 1 aromatic rings. The minimum Gasteiger partial charge on any atom is -0.378 e. The Morgan fingerprint density at radius 1 is 1.16 bits per heavy atom. The van der Waals surface area contributed by atoms with E-state index in [1.54, 1.807) is 6.08 Å². The first-order valence-electron chi connectivity index (χ1n) is 6.73. The van der Waals surface area contributed by atoms with E-state index in [9.17, 15) is 4.79 Å². The molecular formula is C16H21N2O. The predicted octanol–water partition coefficient (Wildman–Crippen LogP) is 2.59. The van der Waals surface area contributed by atoms with Gasteiger partial charge in [-0.25, -0.2) is 0 Å². The maximum atomic E-state index is 12.0. The molecule has 1 aromatic carbocycles. The average molecular weight is 257 g/mol. The van der Waals surface area contributed by atoms with Gasteiger partial charge in [-0.15, -0.1) is 0 Å². The fourth-order valence-electron chi connectivity index (χ4n) is 2.13. The van der Waals surface area contributed by atoms with E-state index in [1.165, 1.54) is 0 Å². The van der Waals surface area contributed by atoms with Crippen molar-refractivity contribution in [1.29, 1.82) is 0 Å². The highest BCUT2D eigenvalue weighted by atomic mass is 16.2. The van der Waals surface area contributed by atoms with Gasteiger partial charge in [-0.1, -0.05) is 12.1 Å². The number of carbonyl (C=O) groups excluding carboxylic acids is 1. The Labute approximate surface area is 115 Å². The number of hydrogen-bond donors (Lipinski definition) is 0. The van der Waals surface area contributed by atoms with E-state index in [-0.39, 0.29) is 5.91 Å². The van der Waals surface area contributed by atoms with Crippen LogP contribution in [-0.4, -0.2) is 38.0 Å². The monoisotopic (exact) mass is 257 g/mol. The zero-order valence-electron chi connectivity index (χ0n) is 11.7. The van der Waals surface area contributed by atoms with Crippen LogP contribution in [0, 0.1) is 6.42 Å². The second-order valence-electron chi connectivity index (χ2n) is 5.01. The van der Waals surface area contributed by atoms with Gasteiger partial charge in [0.1, 0.15) is 0 Å². The number of benzene rings is 1. The largest absolute Gasteiger partial charge is 0.378 e. The SMILES string of the molecule is CN(C)c1ccc(C=CC(=O)N2CC[CH]CC2)cc1. The lowest BCUT2D eigenvalue weighted by atomic mass is 10.1. The fraction of sp³-hybridized carbons (Fsp3) is 0.375. The molecule has 1 heterocycles. The van der Waals surface area contributed by atoms with Gasteiger partial charge in [-0.3, -0.25) is 4.79 Å². The van der Waals surface area contributed by atoms with Crippen molar-refractivity contribution < 1.29 is 4.79 Å². The summed E-state index contributed by atoms with van der Waals surface area (Å²) in [7, 11) is 4.03. The molecule has 0 bridgehead atoms. The molecule has 1 amide bonds. The number of hydrogen-bond acceptors (Lipinski definition) is 2. The standard InChI is InChI=1S/C16H21N2O/c1-17(2)15-9-6-14(7-10-15)8-11-16(19)18-12-4-3-5-13-18/h3,6-11H,4-5,12-13H2,1-2H3. The van der Waals surface area contributed by atoms with Crippen LogP contribution in [0.4, 0.5) is 5.69 Å². The Kier molecular flexibility index (Phi) is 4.61. The number of piperidine rings is 1. The molecule has 3 nitrogen and oxygen atoms in total. The topological polar surface area (TPSA) is 23.6 Å². The van der Waals surface area contributed by atoms with Crippen molar-refractivity contribution in [3.05, 3.63) is 42.3 Å². The van der Waals surface area contributed by atoms with Gasteiger partial charge in [-0.05, 0) is 43.0 Å². The normalized spacial score (nSPS) is 15.8. The second kappa shape index (κ2) is 6.41. The molecular weight excluding hydrogens is 236 g/mol. The molecule has 0 saturated carbocycles. The van der Waals surface area contributed by atoms with E-state index in [2.05, 4.69) is 23.5 Å². The van der Waals surface area contributed by atoms with Crippen LogP contribution in [0.25, 0.3) is 6.08 Å². The lowest BCUT2D eigenvalue weighted by Gasteiger charge is -2.25. The number of carbonyl (C=O) groups is 1. The van der Waals surface area contributed by atoms with E-state index >= 15 is 0 Å². The summed E-state index contributed by atoms with van der Waals surface area (Å²) in [6.07, 6.45) is 7.83. The Hall–Kier alpha value is -1.77. The van der Waals surface area contributed by atoms with Crippen LogP contribution < -0.4 is 4.90 Å². The van der Waals surface area contributed by atoms with Crippen molar-refractivity contribution in [1.82, 2.24) is 4.90 Å². The van der Waals surface area contributed by atoms with Crippen LogP contribution in [0.15, 0.2) is 30.3 Å². The van der Waals surface area contributed by atoms with Gasteiger partial charge in [0.05, 0.1) is 0 Å². The summed E-state index contributed by atoms with van der Waals surface area (Å²) >= 11 is 0. The highest BCUT2D eigenvalue weighted by Crippen LogP contribution is 2.14. The van der Waals surface area contributed by atoms with Gasteiger partial charge in [0.15, 0.2) is 0 Å². The lowest BCUT2D eigenvalue weighted by Crippen LogP contribution is -2.34. The molecule has 0 aliphatic carbocycles. The Balaban J connectivity index is 1.95. The summed E-state index contributed by atoms with van der Waals surface area (Å²) < 4.78 is 0. The molecule has 1 fully saturated rings. The van der Waals surface area contributed by atoms with Crippen LogP contribution in [0.3, 0.4) is 0 Å². The van der Waals surface area contributed by atoms with E-state index in [1.807, 2.05) is 37.2 Å². The Morgan fingerprint density at radius 2 is 1.79 bits per heavy atom.